The highest BCUT2D eigenvalue weighted by Gasteiger charge is 2.27. The van der Waals surface area contributed by atoms with E-state index in [9.17, 15) is 4.79 Å². The summed E-state index contributed by atoms with van der Waals surface area (Å²) in [7, 11) is 1.76. The van der Waals surface area contributed by atoms with Crippen LogP contribution >= 0.6 is 0 Å². The highest BCUT2D eigenvalue weighted by Crippen LogP contribution is 2.14. The van der Waals surface area contributed by atoms with Crippen LogP contribution in [0.4, 0.5) is 4.79 Å². The van der Waals surface area contributed by atoms with Gasteiger partial charge in [0.25, 0.3) is 0 Å². The third-order valence-corrected chi connectivity index (χ3v) is 4.90. The quantitative estimate of drug-likeness (QED) is 0.530. The summed E-state index contributed by atoms with van der Waals surface area (Å²) in [6, 6.07) is 13.9. The van der Waals surface area contributed by atoms with E-state index in [1.165, 1.54) is 0 Å². The SMILES string of the molecule is CN=C(NCc1ccnc(OCc2ccccc2)c1)N1CCC(NC(=O)OC(C)(C)C)C1. The highest BCUT2D eigenvalue weighted by molar-refractivity contribution is 5.80. The Kier molecular flexibility index (Phi) is 7.92. The normalized spacial score (nSPS) is 16.6. The van der Waals surface area contributed by atoms with Crippen LogP contribution in [0.1, 0.15) is 38.3 Å². The number of likely N-dealkylation sites (tertiary alicyclic amines) is 1. The lowest BCUT2D eigenvalue weighted by molar-refractivity contribution is 0.0507. The number of carbonyl (C=O) groups excluding carboxylic acids is 1. The van der Waals surface area contributed by atoms with Gasteiger partial charge in [-0.15, -0.1) is 0 Å². The second kappa shape index (κ2) is 10.8. The summed E-state index contributed by atoms with van der Waals surface area (Å²) in [6.07, 6.45) is 2.20. The molecule has 8 heteroatoms. The van der Waals surface area contributed by atoms with Gasteiger partial charge in [0.1, 0.15) is 12.2 Å². The first-order chi connectivity index (χ1) is 15.3. The predicted molar refractivity (Wildman–Crippen MR) is 125 cm³/mol. The minimum absolute atomic E-state index is 0.0299. The van der Waals surface area contributed by atoms with Crippen molar-refractivity contribution in [1.29, 1.82) is 0 Å². The first-order valence-corrected chi connectivity index (χ1v) is 10.9. The minimum Gasteiger partial charge on any atom is -0.473 e. The summed E-state index contributed by atoms with van der Waals surface area (Å²) < 4.78 is 11.2. The van der Waals surface area contributed by atoms with E-state index in [0.717, 1.165) is 30.1 Å². The number of aromatic nitrogens is 1. The van der Waals surface area contributed by atoms with Crippen molar-refractivity contribution >= 4 is 12.1 Å². The Balaban J connectivity index is 1.48. The van der Waals surface area contributed by atoms with Crippen LogP contribution in [0.25, 0.3) is 0 Å². The molecule has 1 aliphatic rings. The van der Waals surface area contributed by atoms with E-state index in [-0.39, 0.29) is 12.1 Å². The lowest BCUT2D eigenvalue weighted by atomic mass is 10.2. The molecule has 1 aromatic heterocycles. The van der Waals surface area contributed by atoms with Crippen molar-refractivity contribution in [3.63, 3.8) is 0 Å². The topological polar surface area (TPSA) is 88.1 Å². The van der Waals surface area contributed by atoms with E-state index in [0.29, 0.717) is 25.6 Å². The van der Waals surface area contributed by atoms with Crippen LogP contribution in [0.15, 0.2) is 53.7 Å². The number of benzene rings is 1. The second-order valence-corrected chi connectivity index (χ2v) is 8.76. The van der Waals surface area contributed by atoms with E-state index < -0.39 is 5.60 Å². The number of rotatable bonds is 6. The molecule has 32 heavy (non-hydrogen) atoms. The average Bonchev–Trinajstić information content (AvgIpc) is 3.20. The van der Waals surface area contributed by atoms with Crippen molar-refractivity contribution < 1.29 is 14.3 Å². The van der Waals surface area contributed by atoms with Crippen LogP contribution in [0, 0.1) is 0 Å². The van der Waals surface area contributed by atoms with Gasteiger partial charge in [-0.1, -0.05) is 30.3 Å². The molecule has 0 spiro atoms. The van der Waals surface area contributed by atoms with Crippen LogP contribution in [-0.2, 0) is 17.9 Å². The van der Waals surface area contributed by atoms with E-state index >= 15 is 0 Å². The number of hydrogen-bond donors (Lipinski definition) is 2. The Hall–Kier alpha value is -3.29. The Labute approximate surface area is 190 Å². The summed E-state index contributed by atoms with van der Waals surface area (Å²) in [6.45, 7) is 8.13. The summed E-state index contributed by atoms with van der Waals surface area (Å²) in [5.41, 5.74) is 1.64. The molecular formula is C24H33N5O3. The van der Waals surface area contributed by atoms with Gasteiger partial charge < -0.3 is 25.0 Å². The smallest absolute Gasteiger partial charge is 0.407 e. The Bertz CT molecular complexity index is 911. The zero-order valence-corrected chi connectivity index (χ0v) is 19.3. The number of guanidine groups is 1. The standard InChI is InChI=1S/C24H33N5O3/c1-24(2,3)32-23(30)28-20-11-13-29(16-20)22(25-4)27-15-19-10-12-26-21(14-19)31-17-18-8-6-5-7-9-18/h5-10,12,14,20H,11,13,15-17H2,1-4H3,(H,25,27)(H,28,30). The molecule has 0 bridgehead atoms. The highest BCUT2D eigenvalue weighted by atomic mass is 16.6. The van der Waals surface area contributed by atoms with Crippen molar-refractivity contribution in [2.45, 2.75) is 52.0 Å². The maximum atomic E-state index is 12.0. The second-order valence-electron chi connectivity index (χ2n) is 8.76. The maximum absolute atomic E-state index is 12.0. The van der Waals surface area contributed by atoms with Crippen LogP contribution in [-0.4, -0.2) is 53.7 Å². The van der Waals surface area contributed by atoms with E-state index in [1.54, 1.807) is 13.2 Å². The molecule has 1 saturated heterocycles. The molecule has 172 valence electrons. The molecule has 3 rings (SSSR count). The Morgan fingerprint density at radius 2 is 2.00 bits per heavy atom. The first-order valence-electron chi connectivity index (χ1n) is 10.9. The number of ether oxygens (including phenoxy) is 2. The number of nitrogens with one attached hydrogen (secondary N) is 2. The Morgan fingerprint density at radius 1 is 1.22 bits per heavy atom. The molecule has 1 aliphatic heterocycles. The van der Waals surface area contributed by atoms with Crippen molar-refractivity contribution in [3.8, 4) is 5.88 Å². The zero-order valence-electron chi connectivity index (χ0n) is 19.3. The van der Waals surface area contributed by atoms with Gasteiger partial charge in [-0.25, -0.2) is 9.78 Å². The molecule has 2 aromatic rings. The lowest BCUT2D eigenvalue weighted by Gasteiger charge is -2.23. The van der Waals surface area contributed by atoms with E-state index in [4.69, 9.17) is 9.47 Å². The van der Waals surface area contributed by atoms with Gasteiger partial charge in [0.2, 0.25) is 5.88 Å². The number of pyridine rings is 1. The molecule has 2 heterocycles. The van der Waals surface area contributed by atoms with Crippen molar-refractivity contribution in [1.82, 2.24) is 20.5 Å². The molecule has 1 atom stereocenters. The number of nitrogens with zero attached hydrogens (tertiary/aromatic N) is 3. The molecule has 1 fully saturated rings. The third kappa shape index (κ3) is 7.44. The zero-order chi connectivity index (χ0) is 23.0. The molecular weight excluding hydrogens is 406 g/mol. The number of amides is 1. The van der Waals surface area contributed by atoms with Crippen LogP contribution < -0.4 is 15.4 Å². The molecule has 1 amide bonds. The molecule has 1 unspecified atom stereocenters. The predicted octanol–water partition coefficient (Wildman–Crippen LogP) is 3.34. The molecule has 8 nitrogen and oxygen atoms in total. The van der Waals surface area contributed by atoms with Gasteiger partial charge in [0, 0.05) is 38.9 Å². The fourth-order valence-electron chi connectivity index (χ4n) is 3.43. The minimum atomic E-state index is -0.506. The molecule has 1 aromatic carbocycles. The van der Waals surface area contributed by atoms with Gasteiger partial charge >= 0.3 is 6.09 Å². The summed E-state index contributed by atoms with van der Waals surface area (Å²) in [5.74, 6) is 1.38. The van der Waals surface area contributed by atoms with Gasteiger partial charge in [-0.3, -0.25) is 4.99 Å². The first kappa shape index (κ1) is 23.4. The molecule has 0 radical (unpaired) electrons. The summed E-state index contributed by atoms with van der Waals surface area (Å²) in [4.78, 5) is 22.9. The number of aliphatic imine (C=N–C) groups is 1. The van der Waals surface area contributed by atoms with Gasteiger partial charge in [-0.2, -0.15) is 0 Å². The van der Waals surface area contributed by atoms with Crippen molar-refractivity contribution in [2.75, 3.05) is 20.1 Å². The largest absolute Gasteiger partial charge is 0.473 e. The van der Waals surface area contributed by atoms with Crippen LogP contribution in [0.3, 0.4) is 0 Å². The van der Waals surface area contributed by atoms with Crippen LogP contribution in [0.2, 0.25) is 0 Å². The van der Waals surface area contributed by atoms with Gasteiger partial charge in [0.15, 0.2) is 5.96 Å². The Morgan fingerprint density at radius 3 is 2.72 bits per heavy atom. The molecule has 0 aliphatic carbocycles. The molecule has 2 N–H and O–H groups in total. The van der Waals surface area contributed by atoms with E-state index in [2.05, 4.69) is 25.5 Å². The number of alkyl carbamates (subject to hydrolysis) is 1. The third-order valence-electron chi connectivity index (χ3n) is 4.90. The monoisotopic (exact) mass is 439 g/mol. The van der Waals surface area contributed by atoms with Crippen LogP contribution in [0.5, 0.6) is 5.88 Å². The molecule has 0 saturated carbocycles. The number of hydrogen-bond acceptors (Lipinski definition) is 5. The summed E-state index contributed by atoms with van der Waals surface area (Å²) in [5, 5.41) is 6.33. The van der Waals surface area contributed by atoms with E-state index in [1.807, 2.05) is 63.2 Å². The number of carbonyl (C=O) groups is 1. The van der Waals surface area contributed by atoms with Crippen molar-refractivity contribution in [3.05, 3.63) is 59.8 Å². The van der Waals surface area contributed by atoms with Gasteiger partial charge in [-0.05, 0) is 44.4 Å². The fourth-order valence-corrected chi connectivity index (χ4v) is 3.43. The summed E-state index contributed by atoms with van der Waals surface area (Å²) >= 11 is 0. The van der Waals surface area contributed by atoms with Gasteiger partial charge in [0.05, 0.1) is 6.04 Å². The van der Waals surface area contributed by atoms with Crippen molar-refractivity contribution in [2.24, 2.45) is 4.99 Å². The maximum Gasteiger partial charge on any atom is 0.407 e. The average molecular weight is 440 g/mol. The lowest BCUT2D eigenvalue weighted by Crippen LogP contribution is -2.44. The fraction of sp³-hybridized carbons (Fsp3) is 0.458.